The molecular formula is C5H13NO9P2. The summed E-state index contributed by atoms with van der Waals surface area (Å²) < 4.78 is 21.4. The molecule has 12 heteroatoms. The molecule has 0 aromatic heterocycles. The number of aliphatic hydroxyl groups is 1. The lowest BCUT2D eigenvalue weighted by molar-refractivity contribution is -0.144. The number of carbonyl (C=O) groups is 1. The molecule has 0 rings (SSSR count). The highest BCUT2D eigenvalue weighted by atomic mass is 31.2. The van der Waals surface area contributed by atoms with Gasteiger partial charge in [-0.15, -0.1) is 0 Å². The molecule has 0 radical (unpaired) electrons. The van der Waals surface area contributed by atoms with Gasteiger partial charge in [0.2, 0.25) is 0 Å². The van der Waals surface area contributed by atoms with Gasteiger partial charge < -0.3 is 29.8 Å². The lowest BCUT2D eigenvalue weighted by Gasteiger charge is -2.27. The SMILES string of the molecule is O=C(O)[C@H](CO)N(CP(=O)(O)O)CP(=O)(O)O. The summed E-state index contributed by atoms with van der Waals surface area (Å²) in [7, 11) is -9.41. The molecule has 0 aliphatic carbocycles. The Morgan fingerprint density at radius 2 is 1.41 bits per heavy atom. The maximum Gasteiger partial charge on any atom is 0.339 e. The highest BCUT2D eigenvalue weighted by Crippen LogP contribution is 2.41. The summed E-state index contributed by atoms with van der Waals surface area (Å²) in [5, 5.41) is 17.4. The molecule has 0 fully saturated rings. The Bertz CT molecular complexity index is 334. The standard InChI is InChI=1S/C5H13NO9P2/c7-1-4(5(8)9)6(2-16(10,11)12)3-17(13,14)15/h4,7H,1-3H2,(H,8,9)(H2,10,11,12)(H2,13,14,15)/t4-/m0/s1. The second kappa shape index (κ2) is 6.03. The fourth-order valence-corrected chi connectivity index (χ4v) is 2.76. The summed E-state index contributed by atoms with van der Waals surface area (Å²) in [6, 6.07) is -1.80. The van der Waals surface area contributed by atoms with Crippen LogP contribution in [0.3, 0.4) is 0 Å². The number of nitrogens with zero attached hydrogens (tertiary/aromatic N) is 1. The number of hydrogen-bond acceptors (Lipinski definition) is 5. The van der Waals surface area contributed by atoms with Crippen molar-refractivity contribution in [2.75, 3.05) is 19.2 Å². The van der Waals surface area contributed by atoms with Crippen molar-refractivity contribution >= 4 is 21.2 Å². The minimum absolute atomic E-state index is 0.337. The Morgan fingerprint density at radius 1 is 1.06 bits per heavy atom. The Hall–Kier alpha value is -0.310. The molecule has 0 saturated carbocycles. The fourth-order valence-electron chi connectivity index (χ4n) is 1.06. The lowest BCUT2D eigenvalue weighted by Crippen LogP contribution is -2.44. The summed E-state index contributed by atoms with van der Waals surface area (Å²) in [6.07, 6.45) is -2.34. The van der Waals surface area contributed by atoms with Crippen LogP contribution in [0, 0.1) is 0 Å². The maximum atomic E-state index is 10.7. The number of aliphatic hydroxyl groups excluding tert-OH is 1. The smallest absolute Gasteiger partial charge is 0.339 e. The van der Waals surface area contributed by atoms with Crippen LogP contribution in [0.5, 0.6) is 0 Å². The lowest BCUT2D eigenvalue weighted by atomic mass is 10.3. The van der Waals surface area contributed by atoms with E-state index in [0.29, 0.717) is 4.90 Å². The zero-order chi connectivity index (χ0) is 13.9. The van der Waals surface area contributed by atoms with E-state index < -0.39 is 46.4 Å². The molecule has 0 amide bonds. The van der Waals surface area contributed by atoms with E-state index in [1.165, 1.54) is 0 Å². The molecule has 0 bridgehead atoms. The zero-order valence-electron chi connectivity index (χ0n) is 8.45. The van der Waals surface area contributed by atoms with Gasteiger partial charge in [-0.3, -0.25) is 18.8 Å². The van der Waals surface area contributed by atoms with Crippen LogP contribution in [0.2, 0.25) is 0 Å². The van der Waals surface area contributed by atoms with Gasteiger partial charge in [0.15, 0.2) is 0 Å². The molecule has 0 unspecified atom stereocenters. The van der Waals surface area contributed by atoms with Gasteiger partial charge in [-0.05, 0) is 0 Å². The zero-order valence-corrected chi connectivity index (χ0v) is 10.2. The Labute approximate surface area is 95.8 Å². The first-order valence-corrected chi connectivity index (χ1v) is 7.72. The van der Waals surface area contributed by atoms with Crippen molar-refractivity contribution in [1.29, 1.82) is 0 Å². The predicted molar refractivity (Wildman–Crippen MR) is 54.2 cm³/mol. The van der Waals surface area contributed by atoms with Gasteiger partial charge in [0, 0.05) is 0 Å². The minimum atomic E-state index is -4.71. The first kappa shape index (κ1) is 16.7. The molecule has 102 valence electrons. The van der Waals surface area contributed by atoms with Crippen LogP contribution in [0.25, 0.3) is 0 Å². The van der Waals surface area contributed by atoms with Crippen molar-refractivity contribution in [2.24, 2.45) is 0 Å². The van der Waals surface area contributed by atoms with E-state index in [2.05, 4.69) is 0 Å². The number of carboxylic acids is 1. The van der Waals surface area contributed by atoms with Crippen molar-refractivity contribution in [3.63, 3.8) is 0 Å². The molecule has 6 N–H and O–H groups in total. The Morgan fingerprint density at radius 3 is 1.59 bits per heavy atom. The van der Waals surface area contributed by atoms with E-state index in [1.807, 2.05) is 0 Å². The summed E-state index contributed by atoms with van der Waals surface area (Å²) in [5.74, 6) is -1.64. The first-order chi connectivity index (χ1) is 7.46. The fraction of sp³-hybridized carbons (Fsp3) is 0.800. The largest absolute Gasteiger partial charge is 0.480 e. The van der Waals surface area contributed by atoms with E-state index in [9.17, 15) is 13.9 Å². The van der Waals surface area contributed by atoms with Crippen LogP contribution in [-0.2, 0) is 13.9 Å². The highest BCUT2D eigenvalue weighted by Gasteiger charge is 2.34. The molecular weight excluding hydrogens is 280 g/mol. The summed E-state index contributed by atoms with van der Waals surface area (Å²) in [5.41, 5.74) is 0. The van der Waals surface area contributed by atoms with Crippen molar-refractivity contribution in [1.82, 2.24) is 4.90 Å². The van der Waals surface area contributed by atoms with E-state index >= 15 is 0 Å². The average molecular weight is 293 g/mol. The molecule has 0 aliphatic heterocycles. The summed E-state index contributed by atoms with van der Waals surface area (Å²) in [6.45, 7) is -1.03. The minimum Gasteiger partial charge on any atom is -0.480 e. The molecule has 0 aromatic carbocycles. The van der Waals surface area contributed by atoms with E-state index in [-0.39, 0.29) is 0 Å². The van der Waals surface area contributed by atoms with Crippen LogP contribution in [0.1, 0.15) is 0 Å². The quantitative estimate of drug-likeness (QED) is 0.288. The van der Waals surface area contributed by atoms with Gasteiger partial charge in [0.1, 0.15) is 18.6 Å². The van der Waals surface area contributed by atoms with Gasteiger partial charge in [-0.2, -0.15) is 0 Å². The number of rotatable bonds is 7. The van der Waals surface area contributed by atoms with Gasteiger partial charge in [-0.1, -0.05) is 0 Å². The molecule has 17 heavy (non-hydrogen) atoms. The van der Waals surface area contributed by atoms with Gasteiger partial charge in [0.25, 0.3) is 0 Å². The van der Waals surface area contributed by atoms with Crippen molar-refractivity contribution in [2.45, 2.75) is 6.04 Å². The van der Waals surface area contributed by atoms with Crippen molar-refractivity contribution in [3.05, 3.63) is 0 Å². The third-order valence-corrected chi connectivity index (χ3v) is 3.09. The first-order valence-electron chi connectivity index (χ1n) is 4.13. The van der Waals surface area contributed by atoms with Crippen LogP contribution < -0.4 is 0 Å². The Kier molecular flexibility index (Phi) is 5.92. The van der Waals surface area contributed by atoms with Crippen LogP contribution in [0.4, 0.5) is 0 Å². The molecule has 1 atom stereocenters. The second-order valence-corrected chi connectivity index (χ2v) is 6.46. The van der Waals surface area contributed by atoms with Crippen molar-refractivity contribution < 1.29 is 43.7 Å². The topological polar surface area (TPSA) is 176 Å². The predicted octanol–water partition coefficient (Wildman–Crippen LogP) is -2.00. The van der Waals surface area contributed by atoms with E-state index in [0.717, 1.165) is 0 Å². The van der Waals surface area contributed by atoms with E-state index in [1.54, 1.807) is 0 Å². The molecule has 0 saturated heterocycles. The molecule has 10 nitrogen and oxygen atoms in total. The summed E-state index contributed by atoms with van der Waals surface area (Å²) >= 11 is 0. The normalized spacial score (nSPS) is 14.9. The number of aliphatic carboxylic acids is 1. The second-order valence-electron chi connectivity index (χ2n) is 3.24. The monoisotopic (exact) mass is 293 g/mol. The van der Waals surface area contributed by atoms with Crippen LogP contribution in [-0.4, -0.2) is 65.9 Å². The maximum absolute atomic E-state index is 10.7. The highest BCUT2D eigenvalue weighted by molar-refractivity contribution is 7.52. The van der Waals surface area contributed by atoms with Gasteiger partial charge in [-0.25, -0.2) is 0 Å². The molecule has 0 aromatic rings. The molecule has 0 heterocycles. The third kappa shape index (κ3) is 7.58. The average Bonchev–Trinajstić information content (AvgIpc) is 1.96. The molecule has 0 spiro atoms. The van der Waals surface area contributed by atoms with Crippen molar-refractivity contribution in [3.8, 4) is 0 Å². The number of carboxylic acid groups (broad SMARTS) is 1. The molecule has 0 aliphatic rings. The van der Waals surface area contributed by atoms with Crippen LogP contribution in [0.15, 0.2) is 0 Å². The van der Waals surface area contributed by atoms with Gasteiger partial charge >= 0.3 is 21.2 Å². The summed E-state index contributed by atoms with van der Waals surface area (Å²) in [4.78, 5) is 45.6. The Balaban J connectivity index is 5.02. The third-order valence-electron chi connectivity index (χ3n) is 1.63. The van der Waals surface area contributed by atoms with E-state index in [4.69, 9.17) is 29.8 Å². The van der Waals surface area contributed by atoms with Gasteiger partial charge in [0.05, 0.1) is 6.61 Å². The number of hydrogen-bond donors (Lipinski definition) is 6. The van der Waals surface area contributed by atoms with Crippen LogP contribution >= 0.6 is 15.2 Å².